The molecule has 0 aromatic rings. The first kappa shape index (κ1) is 31.8. The number of rotatable bonds is 14. The number of hydrogen-bond donors (Lipinski definition) is 7. The zero-order valence-corrected chi connectivity index (χ0v) is 23.8. The van der Waals surface area contributed by atoms with Crippen molar-refractivity contribution in [2.45, 2.75) is 89.8 Å². The van der Waals surface area contributed by atoms with Gasteiger partial charge in [-0.25, -0.2) is 0 Å². The second-order valence-corrected chi connectivity index (χ2v) is 12.5. The summed E-state index contributed by atoms with van der Waals surface area (Å²) >= 11 is 0. The Morgan fingerprint density at radius 3 is 2.00 bits per heavy atom. The van der Waals surface area contributed by atoms with E-state index in [4.69, 9.17) is 10.8 Å². The molecule has 6 amide bonds. The van der Waals surface area contributed by atoms with Gasteiger partial charge in [-0.05, 0) is 62.7 Å². The van der Waals surface area contributed by atoms with Gasteiger partial charge < -0.3 is 37.4 Å². The number of carbonyl (C=O) groups excluding carboxylic acids is 6. The molecule has 0 heterocycles. The summed E-state index contributed by atoms with van der Waals surface area (Å²) in [6, 6.07) is -2.21. The highest BCUT2D eigenvalue weighted by Gasteiger charge is 2.60. The number of amides is 6. The van der Waals surface area contributed by atoms with Gasteiger partial charge in [0.25, 0.3) is 0 Å². The van der Waals surface area contributed by atoms with Crippen LogP contribution in [-0.2, 0) is 33.6 Å². The van der Waals surface area contributed by atoms with Crippen LogP contribution < -0.4 is 32.3 Å². The van der Waals surface area contributed by atoms with E-state index in [0.717, 1.165) is 39.0 Å². The van der Waals surface area contributed by atoms with Crippen LogP contribution in [0.5, 0.6) is 0 Å². The summed E-state index contributed by atoms with van der Waals surface area (Å²) < 4.78 is 0. The Kier molecular flexibility index (Phi) is 9.98. The van der Waals surface area contributed by atoms with E-state index in [-0.39, 0.29) is 17.7 Å². The summed E-state index contributed by atoms with van der Waals surface area (Å²) in [4.78, 5) is 85.0. The summed E-state index contributed by atoms with van der Waals surface area (Å²) in [6.07, 6.45) is 4.32. The van der Waals surface area contributed by atoms with E-state index in [9.17, 15) is 33.6 Å². The Balaban J connectivity index is 1.53. The second-order valence-electron chi connectivity index (χ2n) is 12.5. The minimum absolute atomic E-state index is 0.0755. The van der Waals surface area contributed by atoms with Crippen LogP contribution in [0.1, 0.15) is 72.1 Å². The Morgan fingerprint density at radius 1 is 0.854 bits per heavy atom. The van der Waals surface area contributed by atoms with Crippen molar-refractivity contribution >= 4 is 41.4 Å². The van der Waals surface area contributed by atoms with Gasteiger partial charge in [-0.2, -0.15) is 0 Å². The number of hydrogen-bond acceptors (Lipinski definition) is 7. The first-order valence-electron chi connectivity index (χ1n) is 14.1. The molecule has 4 aliphatic carbocycles. The maximum absolute atomic E-state index is 13.5. The molecule has 0 aromatic carbocycles. The number of nitrogens with one attached hydrogen (secondary N) is 5. The molecule has 4 bridgehead atoms. The van der Waals surface area contributed by atoms with Crippen LogP contribution >= 0.6 is 0 Å². The number of aliphatic carboxylic acids is 1. The lowest BCUT2D eigenvalue weighted by atomic mass is 9.46. The van der Waals surface area contributed by atoms with Gasteiger partial charge in [-0.1, -0.05) is 13.8 Å². The summed E-state index contributed by atoms with van der Waals surface area (Å²) in [6.45, 7) is 3.95. The van der Waals surface area contributed by atoms with E-state index in [1.807, 2.05) is 13.8 Å². The molecule has 228 valence electrons. The molecule has 8 N–H and O–H groups in total. The van der Waals surface area contributed by atoms with Crippen molar-refractivity contribution < 1.29 is 38.7 Å². The van der Waals surface area contributed by atoms with E-state index in [2.05, 4.69) is 26.6 Å². The Hall–Kier alpha value is -3.71. The first-order chi connectivity index (χ1) is 19.1. The summed E-state index contributed by atoms with van der Waals surface area (Å²) in [7, 11) is 0. The molecule has 0 radical (unpaired) electrons. The zero-order chi connectivity index (χ0) is 30.5. The third kappa shape index (κ3) is 8.40. The van der Waals surface area contributed by atoms with Gasteiger partial charge in [0.2, 0.25) is 35.4 Å². The molecule has 1 unspecified atom stereocenters. The van der Waals surface area contributed by atoms with Crippen LogP contribution in [0.2, 0.25) is 0 Å². The molecule has 6 atom stereocenters. The van der Waals surface area contributed by atoms with E-state index < -0.39 is 72.1 Å². The quantitative estimate of drug-likeness (QED) is 0.130. The lowest BCUT2D eigenvalue weighted by molar-refractivity contribution is -0.151. The third-order valence-corrected chi connectivity index (χ3v) is 8.27. The summed E-state index contributed by atoms with van der Waals surface area (Å²) in [5.74, 6) is -4.02. The Morgan fingerprint density at radius 2 is 1.46 bits per heavy atom. The van der Waals surface area contributed by atoms with Crippen LogP contribution in [0, 0.1) is 23.2 Å². The lowest BCUT2D eigenvalue weighted by Gasteiger charge is -2.61. The van der Waals surface area contributed by atoms with E-state index >= 15 is 0 Å². The van der Waals surface area contributed by atoms with Gasteiger partial charge in [0.15, 0.2) is 0 Å². The molecule has 4 rings (SSSR count). The SMILES string of the molecule is CC(=O)N[C@@H](CC(=O)O)C(=O)NCC(=O)NCC(=O)N[C@@H](CC(C)C)C(=O)N[C@@]12CC3C[C@H](C1)C[C@](C(N)=O)(C3)C2. The molecule has 0 aromatic heterocycles. The predicted molar refractivity (Wildman–Crippen MR) is 144 cm³/mol. The molecule has 0 spiro atoms. The zero-order valence-electron chi connectivity index (χ0n) is 23.8. The van der Waals surface area contributed by atoms with Crippen molar-refractivity contribution in [2.75, 3.05) is 13.1 Å². The molecule has 41 heavy (non-hydrogen) atoms. The first-order valence-corrected chi connectivity index (χ1v) is 14.1. The normalized spacial score (nSPS) is 27.3. The standard InChI is InChI=1S/C27H42N6O8/c1-14(2)4-18(24(40)33-27-9-16-5-17(10-27)8-26(7-16,13-27)25(28)41)32-21(36)12-29-20(35)11-30-23(39)19(6-22(37)38)31-15(3)34/h14,16-19H,4-13H2,1-3H3,(H2,28,41)(H,29,35)(H,30,39)(H,31,34)(H,32,36)(H,33,40)(H,37,38)/t16-,17?,18-,19-,26-,27+/m0/s1. The smallest absolute Gasteiger partial charge is 0.305 e. The monoisotopic (exact) mass is 578 g/mol. The van der Waals surface area contributed by atoms with E-state index in [1.165, 1.54) is 0 Å². The van der Waals surface area contributed by atoms with Crippen LogP contribution in [0.15, 0.2) is 0 Å². The molecule has 14 heteroatoms. The van der Waals surface area contributed by atoms with Gasteiger partial charge in [-0.15, -0.1) is 0 Å². The average molecular weight is 579 g/mol. The van der Waals surface area contributed by atoms with Crippen molar-refractivity contribution in [2.24, 2.45) is 28.9 Å². The topological polar surface area (TPSA) is 226 Å². The molecule has 0 aliphatic heterocycles. The fourth-order valence-corrected chi connectivity index (χ4v) is 7.16. The summed E-state index contributed by atoms with van der Waals surface area (Å²) in [5, 5.41) is 21.6. The second kappa shape index (κ2) is 12.9. The number of carboxylic acid groups (broad SMARTS) is 1. The van der Waals surface area contributed by atoms with Crippen molar-refractivity contribution in [3.05, 3.63) is 0 Å². The highest BCUT2D eigenvalue weighted by atomic mass is 16.4. The van der Waals surface area contributed by atoms with Crippen LogP contribution in [0.4, 0.5) is 0 Å². The van der Waals surface area contributed by atoms with Gasteiger partial charge in [-0.3, -0.25) is 33.6 Å². The fourth-order valence-electron chi connectivity index (χ4n) is 7.16. The van der Waals surface area contributed by atoms with Crippen molar-refractivity contribution in [3.8, 4) is 0 Å². The van der Waals surface area contributed by atoms with E-state index in [0.29, 0.717) is 24.7 Å². The lowest BCUT2D eigenvalue weighted by Crippen LogP contribution is -2.67. The largest absolute Gasteiger partial charge is 0.481 e. The Bertz CT molecular complexity index is 1060. The fraction of sp³-hybridized carbons (Fsp3) is 0.741. The predicted octanol–water partition coefficient (Wildman–Crippen LogP) is -1.33. The minimum atomic E-state index is -1.36. The van der Waals surface area contributed by atoms with Gasteiger partial charge in [0.1, 0.15) is 12.1 Å². The number of primary amides is 1. The van der Waals surface area contributed by atoms with Crippen molar-refractivity contribution in [3.63, 3.8) is 0 Å². The Labute approximate surface area is 238 Å². The van der Waals surface area contributed by atoms with Gasteiger partial charge in [0, 0.05) is 12.5 Å². The maximum Gasteiger partial charge on any atom is 0.305 e. The molecule has 4 aliphatic rings. The number of carboxylic acids is 1. The van der Waals surface area contributed by atoms with Crippen LogP contribution in [0.3, 0.4) is 0 Å². The highest BCUT2D eigenvalue weighted by Crippen LogP contribution is 2.61. The number of carbonyl (C=O) groups is 7. The molecule has 14 nitrogen and oxygen atoms in total. The molecular formula is C27H42N6O8. The number of nitrogens with two attached hydrogens (primary N) is 1. The maximum atomic E-state index is 13.5. The van der Waals surface area contributed by atoms with Crippen LogP contribution in [-0.4, -0.2) is 77.2 Å². The average Bonchev–Trinajstić information content (AvgIpc) is 2.83. The van der Waals surface area contributed by atoms with Gasteiger partial charge in [0.05, 0.1) is 24.9 Å². The summed E-state index contributed by atoms with van der Waals surface area (Å²) in [5.41, 5.74) is 4.69. The van der Waals surface area contributed by atoms with Gasteiger partial charge >= 0.3 is 5.97 Å². The molecule has 0 saturated heterocycles. The molecule has 4 saturated carbocycles. The third-order valence-electron chi connectivity index (χ3n) is 8.27. The van der Waals surface area contributed by atoms with Crippen LogP contribution in [0.25, 0.3) is 0 Å². The van der Waals surface area contributed by atoms with Crippen molar-refractivity contribution in [1.29, 1.82) is 0 Å². The van der Waals surface area contributed by atoms with Crippen molar-refractivity contribution in [1.82, 2.24) is 26.6 Å². The minimum Gasteiger partial charge on any atom is -0.481 e. The molecule has 4 fully saturated rings. The highest BCUT2D eigenvalue weighted by molar-refractivity contribution is 5.94. The molecular weight excluding hydrogens is 536 g/mol. The van der Waals surface area contributed by atoms with E-state index in [1.54, 1.807) is 0 Å².